The molecule has 0 saturated carbocycles. The van der Waals surface area contributed by atoms with Crippen molar-refractivity contribution in [2.75, 3.05) is 11.5 Å². The van der Waals surface area contributed by atoms with Crippen molar-refractivity contribution >= 4 is 39.2 Å². The molecule has 29 heavy (non-hydrogen) atoms. The van der Waals surface area contributed by atoms with Crippen LogP contribution in [0.25, 0.3) is 11.1 Å². The van der Waals surface area contributed by atoms with Crippen molar-refractivity contribution in [1.82, 2.24) is 9.97 Å². The van der Waals surface area contributed by atoms with Gasteiger partial charge in [0.05, 0.1) is 16.6 Å². The molecule has 3 aromatic rings. The van der Waals surface area contributed by atoms with Crippen molar-refractivity contribution in [3.05, 3.63) is 72.0 Å². The van der Waals surface area contributed by atoms with Crippen molar-refractivity contribution < 1.29 is 18.3 Å². The summed E-state index contributed by atoms with van der Waals surface area (Å²) in [4.78, 5) is 19.7. The molecule has 6 nitrogen and oxygen atoms in total. The molecule has 1 unspecified atom stereocenters. The molecular formula is C20H17ClN2O4S2. The molecule has 0 aliphatic heterocycles. The summed E-state index contributed by atoms with van der Waals surface area (Å²) in [6.45, 7) is 0. The molecule has 0 bridgehead atoms. The van der Waals surface area contributed by atoms with E-state index < -0.39 is 27.5 Å². The van der Waals surface area contributed by atoms with E-state index in [1.165, 1.54) is 12.1 Å². The highest BCUT2D eigenvalue weighted by Gasteiger charge is 2.27. The van der Waals surface area contributed by atoms with E-state index in [0.29, 0.717) is 10.2 Å². The van der Waals surface area contributed by atoms with Crippen molar-refractivity contribution in [2.24, 2.45) is 5.92 Å². The number of thioether (sulfide) groups is 1. The van der Waals surface area contributed by atoms with Crippen molar-refractivity contribution in [1.29, 1.82) is 0 Å². The number of aliphatic carboxylic acids is 1. The fourth-order valence-electron chi connectivity index (χ4n) is 2.58. The van der Waals surface area contributed by atoms with Gasteiger partial charge in [-0.25, -0.2) is 18.4 Å². The van der Waals surface area contributed by atoms with E-state index >= 15 is 0 Å². The van der Waals surface area contributed by atoms with Gasteiger partial charge in [0.15, 0.2) is 15.0 Å². The summed E-state index contributed by atoms with van der Waals surface area (Å²) in [6.07, 6.45) is 3.09. The first kappa shape index (κ1) is 21.3. The van der Waals surface area contributed by atoms with E-state index in [1.807, 2.05) is 12.1 Å². The van der Waals surface area contributed by atoms with Gasteiger partial charge in [0, 0.05) is 23.2 Å². The number of carboxylic acids is 1. The number of carbonyl (C=O) groups is 1. The van der Waals surface area contributed by atoms with Crippen LogP contribution in [0.15, 0.2) is 77.0 Å². The van der Waals surface area contributed by atoms with Crippen LogP contribution in [0.3, 0.4) is 0 Å². The Bertz CT molecular complexity index is 1070. The minimum atomic E-state index is -3.77. The van der Waals surface area contributed by atoms with Gasteiger partial charge in [-0.15, -0.1) is 0 Å². The maximum absolute atomic E-state index is 12.7. The predicted octanol–water partition coefficient (Wildman–Crippen LogP) is 4.06. The Morgan fingerprint density at radius 3 is 2.10 bits per heavy atom. The van der Waals surface area contributed by atoms with Crippen molar-refractivity contribution in [2.45, 2.75) is 10.1 Å². The lowest BCUT2D eigenvalue weighted by atomic mass is 10.1. The third-order valence-corrected chi connectivity index (χ3v) is 7.24. The van der Waals surface area contributed by atoms with Crippen LogP contribution in [0.4, 0.5) is 0 Å². The Hall–Kier alpha value is -2.42. The van der Waals surface area contributed by atoms with Gasteiger partial charge < -0.3 is 5.11 Å². The molecule has 0 aliphatic carbocycles. The van der Waals surface area contributed by atoms with Crippen LogP contribution in [0.1, 0.15) is 0 Å². The second-order valence-corrected chi connectivity index (χ2v) is 9.65. The zero-order valence-corrected chi connectivity index (χ0v) is 17.5. The number of benzene rings is 2. The number of carboxylic acid groups (broad SMARTS) is 1. The highest BCUT2D eigenvalue weighted by Crippen LogP contribution is 2.25. The average molecular weight is 449 g/mol. The Balaban J connectivity index is 1.72. The Labute approximate surface area is 177 Å². The van der Waals surface area contributed by atoms with Crippen molar-refractivity contribution in [3.63, 3.8) is 0 Å². The van der Waals surface area contributed by atoms with Gasteiger partial charge in [-0.2, -0.15) is 0 Å². The van der Waals surface area contributed by atoms with E-state index in [2.05, 4.69) is 9.97 Å². The molecule has 0 spiro atoms. The molecule has 1 atom stereocenters. The SMILES string of the molecule is O=C(O)C(CSc1ncccn1)CS(=O)(=O)c1ccc(-c2ccc(Cl)cc2)cc1. The smallest absolute Gasteiger partial charge is 0.308 e. The molecular weight excluding hydrogens is 432 g/mol. The molecule has 0 saturated heterocycles. The third-order valence-electron chi connectivity index (χ3n) is 4.12. The zero-order chi connectivity index (χ0) is 20.9. The predicted molar refractivity (Wildman–Crippen MR) is 113 cm³/mol. The van der Waals surface area contributed by atoms with Gasteiger partial charge in [-0.3, -0.25) is 4.79 Å². The summed E-state index contributed by atoms with van der Waals surface area (Å²) < 4.78 is 25.5. The average Bonchev–Trinajstić information content (AvgIpc) is 2.72. The number of nitrogens with zero attached hydrogens (tertiary/aromatic N) is 2. The molecule has 9 heteroatoms. The Morgan fingerprint density at radius 1 is 1.00 bits per heavy atom. The second kappa shape index (κ2) is 9.39. The lowest BCUT2D eigenvalue weighted by Crippen LogP contribution is -2.26. The van der Waals surface area contributed by atoms with E-state index in [-0.39, 0.29) is 10.6 Å². The van der Waals surface area contributed by atoms with Crippen LogP contribution in [0, 0.1) is 5.92 Å². The van der Waals surface area contributed by atoms with Crippen LogP contribution in [0.5, 0.6) is 0 Å². The molecule has 1 N–H and O–H groups in total. The third kappa shape index (κ3) is 5.79. The van der Waals surface area contributed by atoms with Gasteiger partial charge in [0.2, 0.25) is 0 Å². The van der Waals surface area contributed by atoms with Crippen LogP contribution in [0.2, 0.25) is 5.02 Å². The highest BCUT2D eigenvalue weighted by molar-refractivity contribution is 7.99. The van der Waals surface area contributed by atoms with E-state index in [4.69, 9.17) is 11.6 Å². The molecule has 0 radical (unpaired) electrons. The summed E-state index contributed by atoms with van der Waals surface area (Å²) in [5.41, 5.74) is 1.74. The quantitative estimate of drug-likeness (QED) is 0.409. The number of halogens is 1. The first-order valence-corrected chi connectivity index (χ1v) is 11.6. The molecule has 2 aromatic carbocycles. The molecule has 0 amide bonds. The van der Waals surface area contributed by atoms with Gasteiger partial charge >= 0.3 is 5.97 Å². The van der Waals surface area contributed by atoms with Gasteiger partial charge in [-0.1, -0.05) is 47.6 Å². The standard InChI is InChI=1S/C20H17ClN2O4S2/c21-17-6-2-14(3-7-17)15-4-8-18(9-5-15)29(26,27)13-16(19(24)25)12-28-20-22-10-1-11-23-20/h1-11,16H,12-13H2,(H,24,25). The first-order valence-electron chi connectivity index (χ1n) is 8.56. The van der Waals surface area contributed by atoms with Crippen LogP contribution in [-0.4, -0.2) is 41.0 Å². The van der Waals surface area contributed by atoms with Gasteiger partial charge in [-0.05, 0) is 41.5 Å². The molecule has 0 aliphatic rings. The van der Waals surface area contributed by atoms with E-state index in [0.717, 1.165) is 22.9 Å². The van der Waals surface area contributed by atoms with Crippen LogP contribution >= 0.6 is 23.4 Å². The fraction of sp³-hybridized carbons (Fsp3) is 0.150. The number of sulfone groups is 1. The number of aromatic nitrogens is 2. The molecule has 150 valence electrons. The maximum Gasteiger partial charge on any atom is 0.308 e. The normalized spacial score (nSPS) is 12.4. The molecule has 1 heterocycles. The summed E-state index contributed by atoms with van der Waals surface area (Å²) in [5.74, 6) is -2.69. The van der Waals surface area contributed by atoms with Crippen molar-refractivity contribution in [3.8, 4) is 11.1 Å². The lowest BCUT2D eigenvalue weighted by molar-refractivity contribution is -0.140. The fourth-order valence-corrected chi connectivity index (χ4v) is 5.27. The zero-order valence-electron chi connectivity index (χ0n) is 15.1. The maximum atomic E-state index is 12.7. The molecule has 1 aromatic heterocycles. The lowest BCUT2D eigenvalue weighted by Gasteiger charge is -2.12. The second-order valence-electron chi connectivity index (χ2n) is 6.19. The molecule has 0 fully saturated rings. The number of hydrogen-bond acceptors (Lipinski definition) is 6. The number of rotatable bonds is 8. The highest BCUT2D eigenvalue weighted by atomic mass is 35.5. The van der Waals surface area contributed by atoms with Gasteiger partial charge in [0.25, 0.3) is 0 Å². The van der Waals surface area contributed by atoms with Gasteiger partial charge in [0.1, 0.15) is 0 Å². The summed E-state index contributed by atoms with van der Waals surface area (Å²) in [5, 5.41) is 10.5. The first-order chi connectivity index (χ1) is 13.8. The van der Waals surface area contributed by atoms with E-state index in [1.54, 1.807) is 42.7 Å². The minimum Gasteiger partial charge on any atom is -0.481 e. The Morgan fingerprint density at radius 2 is 1.55 bits per heavy atom. The topological polar surface area (TPSA) is 97.2 Å². The monoisotopic (exact) mass is 448 g/mol. The van der Waals surface area contributed by atoms with E-state index in [9.17, 15) is 18.3 Å². The summed E-state index contributed by atoms with van der Waals surface area (Å²) in [6, 6.07) is 15.2. The summed E-state index contributed by atoms with van der Waals surface area (Å²) in [7, 11) is -3.77. The van der Waals surface area contributed by atoms with Crippen LogP contribution in [-0.2, 0) is 14.6 Å². The summed E-state index contributed by atoms with van der Waals surface area (Å²) >= 11 is 7.00. The molecule has 3 rings (SSSR count). The minimum absolute atomic E-state index is 0.0570. The largest absolute Gasteiger partial charge is 0.481 e. The number of hydrogen-bond donors (Lipinski definition) is 1. The Kier molecular flexibility index (Phi) is 6.89. The van der Waals surface area contributed by atoms with Crippen LogP contribution < -0.4 is 0 Å².